The van der Waals surface area contributed by atoms with E-state index in [1.54, 1.807) is 42.5 Å². The molecule has 0 saturated carbocycles. The van der Waals surface area contributed by atoms with Crippen molar-refractivity contribution in [3.8, 4) is 0 Å². The van der Waals surface area contributed by atoms with Gasteiger partial charge in [-0.25, -0.2) is 8.42 Å². The molecule has 7 heteroatoms. The maximum atomic E-state index is 13.6. The summed E-state index contributed by atoms with van der Waals surface area (Å²) in [6, 6.07) is 19.6. The molecule has 3 aromatic carbocycles. The van der Waals surface area contributed by atoms with Crippen LogP contribution in [0.5, 0.6) is 0 Å². The Balaban J connectivity index is 1.65. The van der Waals surface area contributed by atoms with Gasteiger partial charge in [-0.3, -0.25) is 9.10 Å². The summed E-state index contributed by atoms with van der Waals surface area (Å²) in [4.78, 5) is 13.3. The Morgan fingerprint density at radius 3 is 2.52 bits per heavy atom. The largest absolute Gasteiger partial charge is 0.348 e. The minimum atomic E-state index is -3.98. The Kier molecular flexibility index (Phi) is 6.77. The molecule has 0 saturated heterocycles. The molecule has 0 heterocycles. The van der Waals surface area contributed by atoms with Gasteiger partial charge in [0, 0.05) is 5.02 Å². The molecule has 33 heavy (non-hydrogen) atoms. The fraction of sp³-hybridized carbons (Fsp3) is 0.269. The Morgan fingerprint density at radius 2 is 1.79 bits per heavy atom. The van der Waals surface area contributed by atoms with Crippen molar-refractivity contribution in [1.82, 2.24) is 5.32 Å². The van der Waals surface area contributed by atoms with Crippen LogP contribution in [0.2, 0.25) is 5.02 Å². The predicted octanol–water partition coefficient (Wildman–Crippen LogP) is 5.35. The van der Waals surface area contributed by atoms with Gasteiger partial charge in [-0.05, 0) is 74.1 Å². The molecule has 172 valence electrons. The molecule has 1 N–H and O–H groups in total. The van der Waals surface area contributed by atoms with Crippen LogP contribution in [0.1, 0.15) is 41.1 Å². The van der Waals surface area contributed by atoms with Gasteiger partial charge in [-0.15, -0.1) is 0 Å². The summed E-state index contributed by atoms with van der Waals surface area (Å²) in [6.07, 6.45) is 2.78. The summed E-state index contributed by atoms with van der Waals surface area (Å²) in [5.41, 5.74) is 4.46. The quantitative estimate of drug-likeness (QED) is 0.515. The number of halogens is 1. The van der Waals surface area contributed by atoms with Gasteiger partial charge in [0.05, 0.1) is 16.6 Å². The molecule has 1 atom stereocenters. The van der Waals surface area contributed by atoms with Crippen molar-refractivity contribution in [3.63, 3.8) is 0 Å². The minimum absolute atomic E-state index is 0.126. The smallest absolute Gasteiger partial charge is 0.264 e. The van der Waals surface area contributed by atoms with Crippen molar-refractivity contribution in [3.05, 3.63) is 94.0 Å². The van der Waals surface area contributed by atoms with Gasteiger partial charge in [-0.2, -0.15) is 0 Å². The standard InChI is InChI=1S/C26H27ClN2O3S/c1-18-10-14-22(15-11-18)33(31,32)29(21-13-12-19(2)24(27)16-21)17-26(30)28-25-9-5-7-20-6-3-4-8-23(20)25/h3-4,6,8,10-16,25H,5,7,9,17H2,1-2H3,(H,28,30). The molecule has 0 radical (unpaired) electrons. The third kappa shape index (κ3) is 5.07. The summed E-state index contributed by atoms with van der Waals surface area (Å²) in [5.74, 6) is -0.357. The molecule has 1 aliphatic rings. The summed E-state index contributed by atoms with van der Waals surface area (Å²) in [7, 11) is -3.98. The van der Waals surface area contributed by atoms with E-state index < -0.39 is 10.0 Å². The van der Waals surface area contributed by atoms with Gasteiger partial charge in [0.1, 0.15) is 6.54 Å². The molecule has 5 nitrogen and oxygen atoms in total. The lowest BCUT2D eigenvalue weighted by Crippen LogP contribution is -2.42. The van der Waals surface area contributed by atoms with Crippen LogP contribution in [-0.2, 0) is 21.2 Å². The summed E-state index contributed by atoms with van der Waals surface area (Å²) < 4.78 is 28.3. The fourth-order valence-electron chi connectivity index (χ4n) is 4.16. The van der Waals surface area contributed by atoms with Crippen LogP contribution in [0.3, 0.4) is 0 Å². The number of carbonyl (C=O) groups excluding carboxylic acids is 1. The van der Waals surface area contributed by atoms with Crippen molar-refractivity contribution in [2.45, 2.75) is 44.0 Å². The number of hydrogen-bond acceptors (Lipinski definition) is 3. The molecule has 0 aliphatic heterocycles. The lowest BCUT2D eigenvalue weighted by molar-refractivity contribution is -0.120. The SMILES string of the molecule is Cc1ccc(S(=O)(=O)N(CC(=O)NC2CCCc3ccccc32)c2ccc(C)c(Cl)c2)cc1. The molecule has 4 rings (SSSR count). The van der Waals surface area contributed by atoms with E-state index in [1.165, 1.54) is 5.56 Å². The maximum absolute atomic E-state index is 13.6. The van der Waals surface area contributed by atoms with Gasteiger partial charge >= 0.3 is 0 Å². The molecule has 1 aliphatic carbocycles. The zero-order chi connectivity index (χ0) is 23.6. The zero-order valence-electron chi connectivity index (χ0n) is 18.7. The Hall–Kier alpha value is -2.83. The van der Waals surface area contributed by atoms with Crippen LogP contribution in [0, 0.1) is 13.8 Å². The third-order valence-electron chi connectivity index (χ3n) is 6.04. The normalized spacial score (nSPS) is 15.5. The van der Waals surface area contributed by atoms with Crippen molar-refractivity contribution in [2.24, 2.45) is 0 Å². The van der Waals surface area contributed by atoms with Crippen molar-refractivity contribution in [2.75, 3.05) is 10.8 Å². The lowest BCUT2D eigenvalue weighted by Gasteiger charge is -2.29. The first-order chi connectivity index (χ1) is 15.8. The molecule has 0 bridgehead atoms. The van der Waals surface area contributed by atoms with Crippen molar-refractivity contribution >= 4 is 33.2 Å². The van der Waals surface area contributed by atoms with E-state index in [0.717, 1.165) is 40.3 Å². The Bertz CT molecular complexity index is 1270. The lowest BCUT2D eigenvalue weighted by atomic mass is 9.88. The first-order valence-electron chi connectivity index (χ1n) is 11.0. The highest BCUT2D eigenvalue weighted by molar-refractivity contribution is 7.92. The highest BCUT2D eigenvalue weighted by Crippen LogP contribution is 2.31. The van der Waals surface area contributed by atoms with E-state index in [-0.39, 0.29) is 23.4 Å². The number of amides is 1. The van der Waals surface area contributed by atoms with Crippen molar-refractivity contribution in [1.29, 1.82) is 0 Å². The second kappa shape index (κ2) is 9.57. The first-order valence-corrected chi connectivity index (χ1v) is 12.8. The topological polar surface area (TPSA) is 66.5 Å². The molecule has 0 spiro atoms. The molecule has 0 fully saturated rings. The van der Waals surface area contributed by atoms with E-state index in [4.69, 9.17) is 11.6 Å². The summed E-state index contributed by atoms with van der Waals surface area (Å²) >= 11 is 6.30. The molecule has 1 amide bonds. The van der Waals surface area contributed by atoms with Gasteiger partial charge < -0.3 is 5.32 Å². The zero-order valence-corrected chi connectivity index (χ0v) is 20.3. The summed E-state index contributed by atoms with van der Waals surface area (Å²) in [5, 5.41) is 3.50. The maximum Gasteiger partial charge on any atom is 0.264 e. The number of rotatable bonds is 6. The Morgan fingerprint density at radius 1 is 1.06 bits per heavy atom. The fourth-order valence-corrected chi connectivity index (χ4v) is 5.75. The number of aryl methyl sites for hydroxylation is 3. The van der Waals surface area contributed by atoms with E-state index in [9.17, 15) is 13.2 Å². The monoisotopic (exact) mass is 482 g/mol. The predicted molar refractivity (Wildman–Crippen MR) is 132 cm³/mol. The van der Waals surface area contributed by atoms with Crippen LogP contribution in [0.15, 0.2) is 71.6 Å². The minimum Gasteiger partial charge on any atom is -0.348 e. The molecule has 1 unspecified atom stereocenters. The van der Waals surface area contributed by atoms with Crippen LogP contribution < -0.4 is 9.62 Å². The number of sulfonamides is 1. The average molecular weight is 483 g/mol. The third-order valence-corrected chi connectivity index (χ3v) is 8.24. The highest BCUT2D eigenvalue weighted by atomic mass is 35.5. The number of fused-ring (bicyclic) bond motifs is 1. The molecular formula is C26H27ClN2O3S. The first kappa shape index (κ1) is 23.3. The Labute approximate surface area is 200 Å². The molecule has 0 aromatic heterocycles. The second-order valence-corrected chi connectivity index (χ2v) is 10.7. The highest BCUT2D eigenvalue weighted by Gasteiger charge is 2.29. The van der Waals surface area contributed by atoms with E-state index in [2.05, 4.69) is 11.4 Å². The van der Waals surface area contributed by atoms with Gasteiger partial charge in [0.15, 0.2) is 0 Å². The number of nitrogens with one attached hydrogen (secondary N) is 1. The van der Waals surface area contributed by atoms with E-state index in [1.807, 2.05) is 32.0 Å². The van der Waals surface area contributed by atoms with E-state index in [0.29, 0.717) is 10.7 Å². The van der Waals surface area contributed by atoms with Gasteiger partial charge in [-0.1, -0.05) is 59.6 Å². The number of benzene rings is 3. The molecule has 3 aromatic rings. The number of carbonyl (C=O) groups is 1. The second-order valence-electron chi connectivity index (χ2n) is 8.47. The summed E-state index contributed by atoms with van der Waals surface area (Å²) in [6.45, 7) is 3.40. The molecular weight excluding hydrogens is 456 g/mol. The van der Waals surface area contributed by atoms with Crippen LogP contribution >= 0.6 is 11.6 Å². The van der Waals surface area contributed by atoms with E-state index >= 15 is 0 Å². The van der Waals surface area contributed by atoms with Crippen LogP contribution in [0.25, 0.3) is 0 Å². The number of hydrogen-bond donors (Lipinski definition) is 1. The number of anilines is 1. The van der Waals surface area contributed by atoms with Gasteiger partial charge in [0.2, 0.25) is 5.91 Å². The van der Waals surface area contributed by atoms with Crippen LogP contribution in [0.4, 0.5) is 5.69 Å². The van der Waals surface area contributed by atoms with Crippen LogP contribution in [-0.4, -0.2) is 20.9 Å². The number of nitrogens with zero attached hydrogens (tertiary/aromatic N) is 1. The van der Waals surface area contributed by atoms with Gasteiger partial charge in [0.25, 0.3) is 10.0 Å². The average Bonchev–Trinajstić information content (AvgIpc) is 2.80. The van der Waals surface area contributed by atoms with Crippen molar-refractivity contribution < 1.29 is 13.2 Å².